The van der Waals surface area contributed by atoms with Crippen LogP contribution in [-0.2, 0) is 4.79 Å². The lowest BCUT2D eigenvalue weighted by molar-refractivity contribution is -0.116. The molecule has 0 saturated carbocycles. The number of methoxy groups -OCH3 is 4. The third-order valence-electron chi connectivity index (χ3n) is 6.54. The van der Waals surface area contributed by atoms with Gasteiger partial charge in [-0.2, -0.15) is 10.1 Å². The Kier molecular flexibility index (Phi) is 5.72. The standard InChI is InChI=1S/C25H26N4O6/c1-32-19-6-5-13(8-17(19)30)23-22-16(28-25-26-12-27-29(23)25)7-14(9-18(22)31)15-10-20(33-2)24(35-4)21(11-15)34-3/h5-6,8,10-12,14,23,30H,7,9H2,1-4H3,(H,26,27,28). The molecule has 0 fully saturated rings. The maximum absolute atomic E-state index is 13.6. The summed E-state index contributed by atoms with van der Waals surface area (Å²) in [4.78, 5) is 18.0. The van der Waals surface area contributed by atoms with Gasteiger partial charge < -0.3 is 29.4 Å². The van der Waals surface area contributed by atoms with Crippen molar-refractivity contribution in [3.63, 3.8) is 0 Å². The van der Waals surface area contributed by atoms with Gasteiger partial charge in [0, 0.05) is 17.7 Å². The van der Waals surface area contributed by atoms with E-state index in [4.69, 9.17) is 18.9 Å². The molecule has 10 nitrogen and oxygen atoms in total. The Hall–Kier alpha value is -4.21. The number of hydrogen-bond donors (Lipinski definition) is 2. The molecule has 5 rings (SSSR count). The van der Waals surface area contributed by atoms with Gasteiger partial charge in [0.2, 0.25) is 11.7 Å². The van der Waals surface area contributed by atoms with Crippen LogP contribution in [0.1, 0.15) is 35.9 Å². The molecular weight excluding hydrogens is 452 g/mol. The highest BCUT2D eigenvalue weighted by Gasteiger charge is 2.40. The molecule has 1 aliphatic carbocycles. The van der Waals surface area contributed by atoms with Crippen LogP contribution in [0.2, 0.25) is 0 Å². The number of aromatic nitrogens is 3. The number of hydrogen-bond acceptors (Lipinski definition) is 9. The predicted molar refractivity (Wildman–Crippen MR) is 127 cm³/mol. The minimum absolute atomic E-state index is 0.00842. The summed E-state index contributed by atoms with van der Waals surface area (Å²) in [6, 6.07) is 8.35. The van der Waals surface area contributed by atoms with Crippen LogP contribution in [0.3, 0.4) is 0 Å². The van der Waals surface area contributed by atoms with Crippen LogP contribution in [-0.4, -0.2) is 54.1 Å². The summed E-state index contributed by atoms with van der Waals surface area (Å²) in [5.41, 5.74) is 3.01. The van der Waals surface area contributed by atoms with Crippen LogP contribution in [0.4, 0.5) is 5.95 Å². The van der Waals surface area contributed by atoms with Crippen LogP contribution in [0.25, 0.3) is 0 Å². The number of carbonyl (C=O) groups is 1. The zero-order valence-electron chi connectivity index (χ0n) is 19.9. The maximum Gasteiger partial charge on any atom is 0.226 e. The lowest BCUT2D eigenvalue weighted by Gasteiger charge is -2.35. The lowest BCUT2D eigenvalue weighted by atomic mass is 9.77. The first-order chi connectivity index (χ1) is 17.0. The molecule has 182 valence electrons. The Balaban J connectivity index is 1.57. The van der Waals surface area contributed by atoms with E-state index in [1.54, 1.807) is 38.1 Å². The fourth-order valence-electron chi connectivity index (χ4n) is 4.91. The van der Waals surface area contributed by atoms with Gasteiger partial charge in [-0.3, -0.25) is 4.79 Å². The number of fused-ring (bicyclic) bond motifs is 1. The number of aromatic hydroxyl groups is 1. The van der Waals surface area contributed by atoms with Crippen LogP contribution in [0.15, 0.2) is 47.9 Å². The summed E-state index contributed by atoms with van der Waals surface area (Å²) in [7, 11) is 6.18. The number of carbonyl (C=O) groups excluding carboxylic acids is 1. The number of rotatable bonds is 6. The molecule has 2 aromatic carbocycles. The summed E-state index contributed by atoms with van der Waals surface area (Å²) in [6.07, 6.45) is 2.31. The highest BCUT2D eigenvalue weighted by atomic mass is 16.5. The molecule has 2 heterocycles. The Bertz CT molecular complexity index is 1310. The van der Waals surface area contributed by atoms with Gasteiger partial charge in [0.25, 0.3) is 0 Å². The van der Waals surface area contributed by atoms with E-state index in [0.29, 0.717) is 52.9 Å². The Labute approximate surface area is 202 Å². The molecule has 2 N–H and O–H groups in total. The lowest BCUT2D eigenvalue weighted by Crippen LogP contribution is -2.33. The van der Waals surface area contributed by atoms with Crippen molar-refractivity contribution in [2.45, 2.75) is 24.8 Å². The van der Waals surface area contributed by atoms with Crippen molar-refractivity contribution < 1.29 is 28.8 Å². The van der Waals surface area contributed by atoms with Gasteiger partial charge >= 0.3 is 0 Å². The smallest absolute Gasteiger partial charge is 0.226 e. The number of phenols is 1. The highest BCUT2D eigenvalue weighted by molar-refractivity contribution is 6.00. The fourth-order valence-corrected chi connectivity index (χ4v) is 4.91. The Morgan fingerprint density at radius 3 is 2.29 bits per heavy atom. The van der Waals surface area contributed by atoms with E-state index in [1.807, 2.05) is 18.2 Å². The number of nitrogens with zero attached hydrogens (tertiary/aromatic N) is 3. The summed E-state index contributed by atoms with van der Waals surface area (Å²) in [5.74, 6) is 2.33. The molecule has 1 aliphatic heterocycles. The van der Waals surface area contributed by atoms with Crippen molar-refractivity contribution in [2.75, 3.05) is 33.8 Å². The number of ether oxygens (including phenoxy) is 4. The molecule has 0 radical (unpaired) electrons. The zero-order chi connectivity index (χ0) is 24.7. The quantitative estimate of drug-likeness (QED) is 0.549. The summed E-state index contributed by atoms with van der Waals surface area (Å²) in [5, 5.41) is 18.0. The van der Waals surface area contributed by atoms with E-state index in [1.165, 1.54) is 13.4 Å². The SMILES string of the molecule is COc1ccc(C2C3=C(CC(c4cc(OC)c(OC)c(OC)c4)CC3=O)Nc3ncnn32)cc1O. The van der Waals surface area contributed by atoms with Crippen molar-refractivity contribution >= 4 is 11.7 Å². The monoisotopic (exact) mass is 478 g/mol. The molecule has 3 aromatic rings. The van der Waals surface area contributed by atoms with Crippen LogP contribution in [0.5, 0.6) is 28.7 Å². The van der Waals surface area contributed by atoms with Gasteiger partial charge in [0.05, 0.1) is 28.4 Å². The molecule has 0 amide bonds. The summed E-state index contributed by atoms with van der Waals surface area (Å²) >= 11 is 0. The summed E-state index contributed by atoms with van der Waals surface area (Å²) < 4.78 is 23.3. The summed E-state index contributed by atoms with van der Waals surface area (Å²) in [6.45, 7) is 0. The molecule has 2 aliphatic rings. The van der Waals surface area contributed by atoms with Gasteiger partial charge in [-0.15, -0.1) is 0 Å². The molecular formula is C25H26N4O6. The minimum Gasteiger partial charge on any atom is -0.504 e. The normalized spacial score (nSPS) is 18.9. The van der Waals surface area contributed by atoms with E-state index in [-0.39, 0.29) is 17.5 Å². The molecule has 0 spiro atoms. The first kappa shape index (κ1) is 22.6. The number of phenolic OH excluding ortho intramolecular Hbond substituents is 1. The van der Waals surface area contributed by atoms with E-state index in [0.717, 1.165) is 11.3 Å². The van der Waals surface area contributed by atoms with Crippen molar-refractivity contribution in [1.29, 1.82) is 0 Å². The van der Waals surface area contributed by atoms with E-state index in [2.05, 4.69) is 15.4 Å². The second-order valence-corrected chi connectivity index (χ2v) is 8.37. The highest BCUT2D eigenvalue weighted by Crippen LogP contribution is 2.47. The van der Waals surface area contributed by atoms with Crippen molar-refractivity contribution in [3.8, 4) is 28.7 Å². The third-order valence-corrected chi connectivity index (χ3v) is 6.54. The minimum atomic E-state index is -0.519. The third kappa shape index (κ3) is 3.71. The van der Waals surface area contributed by atoms with Crippen LogP contribution >= 0.6 is 0 Å². The Morgan fingerprint density at radius 2 is 1.66 bits per heavy atom. The first-order valence-electron chi connectivity index (χ1n) is 11.1. The number of allylic oxidation sites excluding steroid dienone is 2. The molecule has 0 bridgehead atoms. The predicted octanol–water partition coefficient (Wildman–Crippen LogP) is 3.43. The number of nitrogens with one attached hydrogen (secondary N) is 1. The number of benzene rings is 2. The molecule has 1 aromatic heterocycles. The van der Waals surface area contributed by atoms with Crippen molar-refractivity contribution in [2.24, 2.45) is 0 Å². The zero-order valence-corrected chi connectivity index (χ0v) is 19.9. The average molecular weight is 479 g/mol. The van der Waals surface area contributed by atoms with Gasteiger partial charge in [0.15, 0.2) is 28.8 Å². The van der Waals surface area contributed by atoms with Gasteiger partial charge in [-0.1, -0.05) is 6.07 Å². The van der Waals surface area contributed by atoms with Crippen LogP contribution in [0, 0.1) is 0 Å². The molecule has 10 heteroatoms. The maximum atomic E-state index is 13.6. The van der Waals surface area contributed by atoms with Gasteiger partial charge in [-0.05, 0) is 47.7 Å². The largest absolute Gasteiger partial charge is 0.504 e. The number of anilines is 1. The van der Waals surface area contributed by atoms with Crippen LogP contribution < -0.4 is 24.3 Å². The average Bonchev–Trinajstić information content (AvgIpc) is 3.34. The van der Waals surface area contributed by atoms with E-state index in [9.17, 15) is 9.90 Å². The fraction of sp³-hybridized carbons (Fsp3) is 0.320. The van der Waals surface area contributed by atoms with Crippen molar-refractivity contribution in [1.82, 2.24) is 14.8 Å². The molecule has 0 saturated heterocycles. The number of Topliss-reactive ketones (excluding diaryl/α,β-unsaturated/α-hetero) is 1. The second kappa shape index (κ2) is 8.86. The molecule has 2 atom stereocenters. The second-order valence-electron chi connectivity index (χ2n) is 8.37. The van der Waals surface area contributed by atoms with Gasteiger partial charge in [-0.25, -0.2) is 4.68 Å². The van der Waals surface area contributed by atoms with Crippen molar-refractivity contribution in [3.05, 3.63) is 59.1 Å². The Morgan fingerprint density at radius 1 is 0.943 bits per heavy atom. The topological polar surface area (TPSA) is 117 Å². The number of ketones is 1. The molecule has 2 unspecified atom stereocenters. The first-order valence-corrected chi connectivity index (χ1v) is 11.1. The van der Waals surface area contributed by atoms with E-state index < -0.39 is 6.04 Å². The molecule has 35 heavy (non-hydrogen) atoms. The van der Waals surface area contributed by atoms with Gasteiger partial charge in [0.1, 0.15) is 12.4 Å². The van der Waals surface area contributed by atoms with E-state index >= 15 is 0 Å².